The molecule has 2 N–H and O–H groups in total. The summed E-state index contributed by atoms with van der Waals surface area (Å²) in [7, 11) is 2.19. The van der Waals surface area contributed by atoms with Crippen molar-refractivity contribution < 1.29 is 0 Å². The first-order valence-electron chi connectivity index (χ1n) is 5.78. The lowest BCUT2D eigenvalue weighted by Gasteiger charge is -2.33. The molecule has 0 radical (unpaired) electrons. The summed E-state index contributed by atoms with van der Waals surface area (Å²) >= 11 is 0. The minimum absolute atomic E-state index is 0.111. The molecule has 0 spiro atoms. The number of likely N-dealkylation sites (N-methyl/N-ethyl adjacent to an activating group) is 1. The third-order valence-electron chi connectivity index (χ3n) is 2.93. The van der Waals surface area contributed by atoms with Crippen molar-refractivity contribution in [1.29, 1.82) is 0 Å². The van der Waals surface area contributed by atoms with E-state index in [1.807, 2.05) is 0 Å². The molecule has 0 aromatic rings. The molecule has 2 nitrogen and oxygen atoms in total. The Hall–Kier alpha value is -0.0800. The maximum atomic E-state index is 6.34. The first-order chi connectivity index (χ1) is 6.31. The highest BCUT2D eigenvalue weighted by atomic mass is 15.1. The van der Waals surface area contributed by atoms with Crippen LogP contribution in [-0.2, 0) is 0 Å². The highest BCUT2D eigenvalue weighted by molar-refractivity contribution is 4.91. The Morgan fingerprint density at radius 1 is 1.21 bits per heavy atom. The number of hydrogen-bond acceptors (Lipinski definition) is 2. The van der Waals surface area contributed by atoms with Crippen LogP contribution < -0.4 is 5.73 Å². The van der Waals surface area contributed by atoms with Gasteiger partial charge in [-0.2, -0.15) is 0 Å². The zero-order valence-electron chi connectivity index (χ0n) is 10.3. The van der Waals surface area contributed by atoms with E-state index in [4.69, 9.17) is 5.73 Å². The normalized spacial score (nSPS) is 21.9. The highest BCUT2D eigenvalue weighted by Crippen LogP contribution is 2.28. The van der Waals surface area contributed by atoms with Gasteiger partial charge in [-0.3, -0.25) is 0 Å². The van der Waals surface area contributed by atoms with E-state index in [1.165, 1.54) is 25.7 Å². The van der Waals surface area contributed by atoms with E-state index in [0.717, 1.165) is 13.1 Å². The molecule has 2 heteroatoms. The van der Waals surface area contributed by atoms with Gasteiger partial charge in [0.2, 0.25) is 0 Å². The van der Waals surface area contributed by atoms with Gasteiger partial charge in [-0.05, 0) is 25.3 Å². The quantitative estimate of drug-likeness (QED) is 0.753. The lowest BCUT2D eigenvalue weighted by Crippen LogP contribution is -2.48. The molecule has 0 bridgehead atoms. The largest absolute Gasteiger partial charge is 0.324 e. The van der Waals surface area contributed by atoms with Crippen LogP contribution in [0.15, 0.2) is 0 Å². The van der Waals surface area contributed by atoms with Gasteiger partial charge in [0.05, 0.1) is 0 Å². The fourth-order valence-corrected chi connectivity index (χ4v) is 2.64. The van der Waals surface area contributed by atoms with Gasteiger partial charge in [-0.15, -0.1) is 0 Å². The predicted molar refractivity (Wildman–Crippen MR) is 62.3 cm³/mol. The minimum atomic E-state index is 0.111. The summed E-state index contributed by atoms with van der Waals surface area (Å²) in [6.45, 7) is 9.03. The Morgan fingerprint density at radius 2 is 1.71 bits per heavy atom. The zero-order valence-corrected chi connectivity index (χ0v) is 10.3. The maximum absolute atomic E-state index is 6.34. The second-order valence-corrected chi connectivity index (χ2v) is 6.30. The lowest BCUT2D eigenvalue weighted by molar-refractivity contribution is 0.185. The Labute approximate surface area is 88.8 Å². The van der Waals surface area contributed by atoms with Gasteiger partial charge in [0.25, 0.3) is 0 Å². The van der Waals surface area contributed by atoms with Gasteiger partial charge in [-0.1, -0.05) is 33.6 Å². The van der Waals surface area contributed by atoms with Gasteiger partial charge in [0.15, 0.2) is 0 Å². The summed E-state index contributed by atoms with van der Waals surface area (Å²) in [5.74, 6) is 0. The SMILES string of the molecule is CN(CC(C)(C)C)CC1(N)CCCC1. The Balaban J connectivity index is 2.36. The molecular formula is C12H26N2. The molecule has 0 saturated heterocycles. The molecule has 1 aliphatic carbocycles. The third kappa shape index (κ3) is 3.97. The number of nitrogens with two attached hydrogens (primary N) is 1. The van der Waals surface area contributed by atoms with Crippen LogP contribution in [0.4, 0.5) is 0 Å². The molecule has 0 heterocycles. The second-order valence-electron chi connectivity index (χ2n) is 6.30. The van der Waals surface area contributed by atoms with Gasteiger partial charge in [-0.25, -0.2) is 0 Å². The average Bonchev–Trinajstić information content (AvgIpc) is 2.30. The molecule has 84 valence electrons. The molecule has 1 rings (SSSR count). The van der Waals surface area contributed by atoms with Gasteiger partial charge in [0, 0.05) is 18.6 Å². The lowest BCUT2D eigenvalue weighted by atomic mass is 9.94. The van der Waals surface area contributed by atoms with Crippen molar-refractivity contribution in [3.63, 3.8) is 0 Å². The van der Waals surface area contributed by atoms with Crippen molar-refractivity contribution in [2.75, 3.05) is 20.1 Å². The van der Waals surface area contributed by atoms with Crippen molar-refractivity contribution >= 4 is 0 Å². The summed E-state index contributed by atoms with van der Waals surface area (Å²) in [5, 5.41) is 0. The smallest absolute Gasteiger partial charge is 0.0283 e. The van der Waals surface area contributed by atoms with Crippen LogP contribution in [-0.4, -0.2) is 30.6 Å². The van der Waals surface area contributed by atoms with E-state index in [1.54, 1.807) is 0 Å². The molecule has 1 saturated carbocycles. The first-order valence-corrected chi connectivity index (χ1v) is 5.78. The fourth-order valence-electron chi connectivity index (χ4n) is 2.64. The number of hydrogen-bond donors (Lipinski definition) is 1. The molecule has 14 heavy (non-hydrogen) atoms. The summed E-state index contributed by atoms with van der Waals surface area (Å²) in [6, 6.07) is 0. The molecule has 1 fully saturated rings. The molecular weight excluding hydrogens is 172 g/mol. The third-order valence-corrected chi connectivity index (χ3v) is 2.93. The fraction of sp³-hybridized carbons (Fsp3) is 1.00. The Morgan fingerprint density at radius 3 is 2.14 bits per heavy atom. The first kappa shape index (κ1) is 12.0. The van der Waals surface area contributed by atoms with E-state index in [2.05, 4.69) is 32.7 Å². The minimum Gasteiger partial charge on any atom is -0.324 e. The van der Waals surface area contributed by atoms with Crippen LogP contribution in [0.5, 0.6) is 0 Å². The average molecular weight is 198 g/mol. The standard InChI is InChI=1S/C12H26N2/c1-11(2,3)9-14(4)10-12(13)7-5-6-8-12/h5-10,13H2,1-4H3. The van der Waals surface area contributed by atoms with E-state index >= 15 is 0 Å². The van der Waals surface area contributed by atoms with Crippen molar-refractivity contribution in [1.82, 2.24) is 4.90 Å². The van der Waals surface area contributed by atoms with Crippen LogP contribution in [0.2, 0.25) is 0 Å². The van der Waals surface area contributed by atoms with Gasteiger partial charge < -0.3 is 10.6 Å². The van der Waals surface area contributed by atoms with E-state index in [0.29, 0.717) is 5.41 Å². The molecule has 0 aliphatic heterocycles. The van der Waals surface area contributed by atoms with Crippen molar-refractivity contribution in [2.24, 2.45) is 11.1 Å². The highest BCUT2D eigenvalue weighted by Gasteiger charge is 2.31. The number of rotatable bonds is 3. The molecule has 0 aromatic carbocycles. The van der Waals surface area contributed by atoms with Crippen LogP contribution in [0.3, 0.4) is 0 Å². The van der Waals surface area contributed by atoms with Crippen LogP contribution in [0.1, 0.15) is 46.5 Å². The van der Waals surface area contributed by atoms with Crippen LogP contribution in [0.25, 0.3) is 0 Å². The summed E-state index contributed by atoms with van der Waals surface area (Å²) in [6.07, 6.45) is 5.06. The van der Waals surface area contributed by atoms with Gasteiger partial charge in [0.1, 0.15) is 0 Å². The van der Waals surface area contributed by atoms with Crippen molar-refractivity contribution in [2.45, 2.75) is 52.0 Å². The molecule has 0 unspecified atom stereocenters. The van der Waals surface area contributed by atoms with Crippen LogP contribution in [0, 0.1) is 5.41 Å². The molecule has 0 amide bonds. The van der Waals surface area contributed by atoms with Gasteiger partial charge >= 0.3 is 0 Å². The van der Waals surface area contributed by atoms with Crippen molar-refractivity contribution in [3.8, 4) is 0 Å². The molecule has 0 atom stereocenters. The maximum Gasteiger partial charge on any atom is 0.0283 e. The Bertz CT molecular complexity index is 175. The molecule has 0 aromatic heterocycles. The van der Waals surface area contributed by atoms with Crippen LogP contribution >= 0.6 is 0 Å². The predicted octanol–water partition coefficient (Wildman–Crippen LogP) is 2.24. The number of nitrogens with zero attached hydrogens (tertiary/aromatic N) is 1. The summed E-state index contributed by atoms with van der Waals surface area (Å²) in [4.78, 5) is 2.39. The zero-order chi connectivity index (χ0) is 10.8. The monoisotopic (exact) mass is 198 g/mol. The van der Waals surface area contributed by atoms with E-state index in [-0.39, 0.29) is 5.54 Å². The summed E-state index contributed by atoms with van der Waals surface area (Å²) in [5.41, 5.74) is 6.83. The molecule has 1 aliphatic rings. The second kappa shape index (κ2) is 4.19. The Kier molecular flexibility index (Phi) is 3.59. The summed E-state index contributed by atoms with van der Waals surface area (Å²) < 4.78 is 0. The van der Waals surface area contributed by atoms with Crippen molar-refractivity contribution in [3.05, 3.63) is 0 Å². The topological polar surface area (TPSA) is 29.3 Å². The van der Waals surface area contributed by atoms with E-state index < -0.39 is 0 Å². The van der Waals surface area contributed by atoms with E-state index in [9.17, 15) is 0 Å².